The van der Waals surface area contributed by atoms with E-state index in [1.807, 2.05) is 36.4 Å². The molecule has 2 atom stereocenters. The van der Waals surface area contributed by atoms with E-state index < -0.39 is 29.9 Å². The summed E-state index contributed by atoms with van der Waals surface area (Å²) >= 11 is 0. The van der Waals surface area contributed by atoms with Crippen LogP contribution in [0.5, 0.6) is 0 Å². The second-order valence-electron chi connectivity index (χ2n) is 8.25. The van der Waals surface area contributed by atoms with Gasteiger partial charge in [0.25, 0.3) is 5.91 Å². The van der Waals surface area contributed by atoms with Crippen molar-refractivity contribution < 1.29 is 28.8 Å². The molecular formula is C25H25N3O6. The van der Waals surface area contributed by atoms with Crippen LogP contribution in [0.15, 0.2) is 59.1 Å². The first-order chi connectivity index (χ1) is 16.3. The number of aromatic nitrogens is 1. The molecule has 0 saturated heterocycles. The molecule has 2 aromatic carbocycles. The van der Waals surface area contributed by atoms with Gasteiger partial charge in [0.1, 0.15) is 6.61 Å². The van der Waals surface area contributed by atoms with Crippen LogP contribution in [0.3, 0.4) is 0 Å². The molecule has 0 aliphatic heterocycles. The maximum absolute atomic E-state index is 12.3. The number of benzene rings is 2. The van der Waals surface area contributed by atoms with Gasteiger partial charge in [0.15, 0.2) is 11.5 Å². The Morgan fingerprint density at radius 1 is 1.06 bits per heavy atom. The normalized spacial score (nSPS) is 13.9. The molecule has 176 valence electrons. The van der Waals surface area contributed by atoms with E-state index in [0.717, 1.165) is 22.3 Å². The topological polar surface area (TPSA) is 131 Å². The molecule has 0 fully saturated rings. The van der Waals surface area contributed by atoms with Crippen LogP contribution in [0.1, 0.15) is 47.1 Å². The highest BCUT2D eigenvalue weighted by Gasteiger charge is 2.29. The number of alkyl carbamates (subject to hydrolysis) is 1. The van der Waals surface area contributed by atoms with Crippen molar-refractivity contribution in [3.8, 4) is 11.1 Å². The Bertz CT molecular complexity index is 1180. The van der Waals surface area contributed by atoms with Gasteiger partial charge in [0.2, 0.25) is 0 Å². The summed E-state index contributed by atoms with van der Waals surface area (Å²) in [6, 6.07) is 16.9. The summed E-state index contributed by atoms with van der Waals surface area (Å²) in [6.45, 7) is 3.26. The molecule has 1 aliphatic rings. The molecule has 0 radical (unpaired) electrons. The number of nitrogens with one attached hydrogen (secondary N) is 2. The van der Waals surface area contributed by atoms with E-state index in [1.165, 1.54) is 13.0 Å². The molecule has 3 aromatic rings. The lowest BCUT2D eigenvalue weighted by Crippen LogP contribution is -2.40. The van der Waals surface area contributed by atoms with Gasteiger partial charge in [0.05, 0.1) is 12.5 Å². The SMILES string of the molecule is CC(NC(=O)c1cc(CNC(=O)OCC2c3ccccc3-c3ccccc32)on1)C(C)C(=O)O. The molecule has 2 unspecified atom stereocenters. The average molecular weight is 463 g/mol. The predicted octanol–water partition coefficient (Wildman–Crippen LogP) is 3.55. The fourth-order valence-electron chi connectivity index (χ4n) is 3.93. The highest BCUT2D eigenvalue weighted by molar-refractivity contribution is 5.92. The van der Waals surface area contributed by atoms with Gasteiger partial charge in [-0.05, 0) is 36.1 Å². The zero-order chi connectivity index (χ0) is 24.2. The summed E-state index contributed by atoms with van der Waals surface area (Å²) in [7, 11) is 0. The number of hydrogen-bond acceptors (Lipinski definition) is 6. The van der Waals surface area contributed by atoms with E-state index in [0.29, 0.717) is 0 Å². The molecular weight excluding hydrogens is 438 g/mol. The summed E-state index contributed by atoms with van der Waals surface area (Å²) in [5.41, 5.74) is 4.52. The highest BCUT2D eigenvalue weighted by Crippen LogP contribution is 2.44. The zero-order valence-electron chi connectivity index (χ0n) is 18.8. The summed E-state index contributed by atoms with van der Waals surface area (Å²) in [5, 5.41) is 17.9. The number of carbonyl (C=O) groups is 3. The van der Waals surface area contributed by atoms with Crippen LogP contribution in [0, 0.1) is 5.92 Å². The number of hydrogen-bond donors (Lipinski definition) is 3. The molecule has 3 N–H and O–H groups in total. The molecule has 34 heavy (non-hydrogen) atoms. The second kappa shape index (κ2) is 9.78. The third-order valence-electron chi connectivity index (χ3n) is 6.04. The highest BCUT2D eigenvalue weighted by atomic mass is 16.5. The number of carboxylic acids is 1. The Balaban J connectivity index is 1.30. The molecule has 1 aromatic heterocycles. The van der Waals surface area contributed by atoms with Gasteiger partial charge in [-0.3, -0.25) is 9.59 Å². The van der Waals surface area contributed by atoms with E-state index >= 15 is 0 Å². The van der Waals surface area contributed by atoms with Crippen molar-refractivity contribution in [2.75, 3.05) is 6.61 Å². The number of rotatable bonds is 8. The maximum atomic E-state index is 12.3. The first-order valence-corrected chi connectivity index (χ1v) is 10.9. The molecule has 9 nitrogen and oxygen atoms in total. The maximum Gasteiger partial charge on any atom is 0.407 e. The number of nitrogens with zero attached hydrogens (tertiary/aromatic N) is 1. The number of carbonyl (C=O) groups excluding carboxylic acids is 2. The fourth-order valence-corrected chi connectivity index (χ4v) is 3.93. The number of ether oxygens (including phenoxy) is 1. The minimum atomic E-state index is -1.01. The van der Waals surface area contributed by atoms with Crippen LogP contribution >= 0.6 is 0 Å². The van der Waals surface area contributed by atoms with Gasteiger partial charge in [-0.1, -0.05) is 53.7 Å². The molecule has 0 bridgehead atoms. The minimum Gasteiger partial charge on any atom is -0.481 e. The Kier molecular flexibility index (Phi) is 6.62. The summed E-state index contributed by atoms with van der Waals surface area (Å²) in [6.07, 6.45) is -0.617. The number of amides is 2. The van der Waals surface area contributed by atoms with E-state index in [2.05, 4.69) is 27.9 Å². The van der Waals surface area contributed by atoms with Crippen molar-refractivity contribution in [2.45, 2.75) is 32.4 Å². The fraction of sp³-hybridized carbons (Fsp3) is 0.280. The minimum absolute atomic E-state index is 0.00576. The third kappa shape index (κ3) is 4.78. The number of fused-ring (bicyclic) bond motifs is 3. The Morgan fingerprint density at radius 2 is 1.68 bits per heavy atom. The van der Waals surface area contributed by atoms with Crippen LogP contribution in [-0.4, -0.2) is 40.9 Å². The van der Waals surface area contributed by atoms with Gasteiger partial charge >= 0.3 is 12.1 Å². The first-order valence-electron chi connectivity index (χ1n) is 10.9. The molecule has 1 heterocycles. The van der Waals surface area contributed by atoms with Gasteiger partial charge in [-0.15, -0.1) is 0 Å². The lowest BCUT2D eigenvalue weighted by Gasteiger charge is -2.16. The first kappa shape index (κ1) is 23.0. The lowest BCUT2D eigenvalue weighted by atomic mass is 9.98. The van der Waals surface area contributed by atoms with Gasteiger partial charge < -0.3 is 25.0 Å². The van der Waals surface area contributed by atoms with Crippen molar-refractivity contribution in [3.05, 3.63) is 77.2 Å². The molecule has 9 heteroatoms. The van der Waals surface area contributed by atoms with Crippen molar-refractivity contribution >= 4 is 18.0 Å². The van der Waals surface area contributed by atoms with E-state index in [1.54, 1.807) is 6.92 Å². The van der Waals surface area contributed by atoms with Gasteiger partial charge in [0, 0.05) is 18.0 Å². The second-order valence-corrected chi connectivity index (χ2v) is 8.25. The molecule has 2 amide bonds. The Hall–Kier alpha value is -4.14. The van der Waals surface area contributed by atoms with E-state index in [-0.39, 0.29) is 30.5 Å². The molecule has 0 saturated carbocycles. The monoisotopic (exact) mass is 463 g/mol. The largest absolute Gasteiger partial charge is 0.481 e. The van der Waals surface area contributed by atoms with Gasteiger partial charge in [-0.25, -0.2) is 4.79 Å². The van der Waals surface area contributed by atoms with Crippen molar-refractivity contribution in [2.24, 2.45) is 5.92 Å². The van der Waals surface area contributed by atoms with Crippen molar-refractivity contribution in [1.29, 1.82) is 0 Å². The quantitative estimate of drug-likeness (QED) is 0.466. The molecule has 4 rings (SSSR count). The predicted molar refractivity (Wildman–Crippen MR) is 122 cm³/mol. The smallest absolute Gasteiger partial charge is 0.407 e. The van der Waals surface area contributed by atoms with Crippen LogP contribution < -0.4 is 10.6 Å². The van der Waals surface area contributed by atoms with E-state index in [4.69, 9.17) is 14.4 Å². The average Bonchev–Trinajstić information content (AvgIpc) is 3.44. The zero-order valence-corrected chi connectivity index (χ0v) is 18.8. The van der Waals surface area contributed by atoms with Crippen LogP contribution in [0.25, 0.3) is 11.1 Å². The summed E-state index contributed by atoms with van der Waals surface area (Å²) in [4.78, 5) is 35.6. The third-order valence-corrected chi connectivity index (χ3v) is 6.04. The van der Waals surface area contributed by atoms with Crippen LogP contribution in [0.2, 0.25) is 0 Å². The Morgan fingerprint density at radius 3 is 2.29 bits per heavy atom. The summed E-state index contributed by atoms with van der Waals surface area (Å²) < 4.78 is 10.6. The molecule has 0 spiro atoms. The Labute approximate surface area is 196 Å². The standard InChI is InChI=1S/C25H25N3O6/c1-14(24(30)31)15(2)27-23(29)22-11-16(34-28-22)12-26-25(32)33-13-21-19-9-5-3-7-17(19)18-8-4-6-10-20(18)21/h3-11,14-15,21H,12-13H2,1-2H3,(H,26,32)(H,27,29)(H,30,31). The van der Waals surface area contributed by atoms with Crippen LogP contribution in [-0.2, 0) is 16.1 Å². The lowest BCUT2D eigenvalue weighted by molar-refractivity contribution is -0.141. The summed E-state index contributed by atoms with van der Waals surface area (Å²) in [5.74, 6) is -2.12. The molecule has 1 aliphatic carbocycles. The van der Waals surface area contributed by atoms with Crippen molar-refractivity contribution in [1.82, 2.24) is 15.8 Å². The number of aliphatic carboxylic acids is 1. The van der Waals surface area contributed by atoms with Gasteiger partial charge in [-0.2, -0.15) is 0 Å². The van der Waals surface area contributed by atoms with Crippen LogP contribution in [0.4, 0.5) is 4.79 Å². The van der Waals surface area contributed by atoms with Crippen molar-refractivity contribution in [3.63, 3.8) is 0 Å². The number of carboxylic acid groups (broad SMARTS) is 1. The van der Waals surface area contributed by atoms with E-state index in [9.17, 15) is 14.4 Å².